The summed E-state index contributed by atoms with van der Waals surface area (Å²) >= 11 is 0. The lowest BCUT2D eigenvalue weighted by atomic mass is 9.99. The number of pyridine rings is 1. The molecule has 0 unspecified atom stereocenters. The van der Waals surface area contributed by atoms with Crippen LogP contribution in [0.1, 0.15) is 45.4 Å². The van der Waals surface area contributed by atoms with Crippen LogP contribution in [-0.4, -0.2) is 31.2 Å². The van der Waals surface area contributed by atoms with Gasteiger partial charge in [0.05, 0.1) is 12.8 Å². The van der Waals surface area contributed by atoms with E-state index in [4.69, 9.17) is 10.3 Å². The normalized spacial score (nSPS) is 15.3. The van der Waals surface area contributed by atoms with Crippen molar-refractivity contribution >= 4 is 5.82 Å². The summed E-state index contributed by atoms with van der Waals surface area (Å²) in [5.41, 5.74) is 8.18. The van der Waals surface area contributed by atoms with Crippen LogP contribution in [0.3, 0.4) is 0 Å². The Bertz CT molecular complexity index is 490. The predicted octanol–water partition coefficient (Wildman–Crippen LogP) is 4.57. The van der Waals surface area contributed by atoms with Crippen molar-refractivity contribution in [3.8, 4) is 5.75 Å². The Hall–Kier alpha value is -1.94. The minimum absolute atomic E-state index is 0.595. The van der Waals surface area contributed by atoms with Gasteiger partial charge in [-0.15, -0.1) is 0 Å². The highest BCUT2D eigenvalue weighted by Gasteiger charge is 2.16. The molecule has 23 heavy (non-hydrogen) atoms. The lowest BCUT2D eigenvalue weighted by Gasteiger charge is -2.31. The molecule has 0 radical (unpaired) electrons. The highest BCUT2D eigenvalue weighted by atomic mass is 16.5. The molecular weight excluding hydrogens is 290 g/mol. The van der Waals surface area contributed by atoms with E-state index in [1.54, 1.807) is 0 Å². The minimum Gasteiger partial charge on any atom is -0.492 e. The van der Waals surface area contributed by atoms with Crippen molar-refractivity contribution in [1.29, 1.82) is 0 Å². The van der Waals surface area contributed by atoms with Gasteiger partial charge < -0.3 is 9.64 Å². The molecular formula is C17H27N5O. The molecule has 1 saturated heterocycles. The van der Waals surface area contributed by atoms with Gasteiger partial charge >= 0.3 is 0 Å². The third-order valence-corrected chi connectivity index (χ3v) is 4.31. The first-order valence-electron chi connectivity index (χ1n) is 8.64. The van der Waals surface area contributed by atoms with Crippen molar-refractivity contribution in [1.82, 2.24) is 4.98 Å². The van der Waals surface area contributed by atoms with Crippen LogP contribution in [-0.2, 0) is 0 Å². The Labute approximate surface area is 138 Å². The summed E-state index contributed by atoms with van der Waals surface area (Å²) in [6.45, 7) is 5.83. The summed E-state index contributed by atoms with van der Waals surface area (Å²) in [5, 5.41) is 3.53. The average Bonchev–Trinajstić information content (AvgIpc) is 2.59. The molecule has 1 aromatic rings. The van der Waals surface area contributed by atoms with Gasteiger partial charge in [-0.05, 0) is 49.3 Å². The van der Waals surface area contributed by atoms with Gasteiger partial charge in [0.25, 0.3) is 0 Å². The molecule has 0 N–H and O–H groups in total. The van der Waals surface area contributed by atoms with E-state index in [-0.39, 0.29) is 0 Å². The maximum absolute atomic E-state index is 8.18. The van der Waals surface area contributed by atoms with Gasteiger partial charge in [-0.25, -0.2) is 4.98 Å². The number of hydrogen-bond acceptors (Lipinski definition) is 4. The first-order valence-corrected chi connectivity index (χ1v) is 8.64. The number of hydrogen-bond donors (Lipinski definition) is 0. The third kappa shape index (κ3) is 6.37. The molecule has 1 aliphatic rings. The monoisotopic (exact) mass is 317 g/mol. The van der Waals surface area contributed by atoms with E-state index in [9.17, 15) is 0 Å². The number of piperidine rings is 1. The Morgan fingerprint density at radius 1 is 1.26 bits per heavy atom. The number of anilines is 1. The number of aromatic nitrogens is 1. The topological polar surface area (TPSA) is 74.1 Å². The summed E-state index contributed by atoms with van der Waals surface area (Å²) < 4.78 is 5.73. The highest BCUT2D eigenvalue weighted by molar-refractivity contribution is 5.41. The molecule has 6 heteroatoms. The zero-order valence-electron chi connectivity index (χ0n) is 14.0. The van der Waals surface area contributed by atoms with Gasteiger partial charge in [0.1, 0.15) is 11.6 Å². The smallest absolute Gasteiger partial charge is 0.137 e. The van der Waals surface area contributed by atoms with Crippen molar-refractivity contribution in [3.63, 3.8) is 0 Å². The fourth-order valence-electron chi connectivity index (χ4n) is 2.76. The van der Waals surface area contributed by atoms with Crippen molar-refractivity contribution in [3.05, 3.63) is 28.8 Å². The summed E-state index contributed by atoms with van der Waals surface area (Å²) in [7, 11) is 0. The summed E-state index contributed by atoms with van der Waals surface area (Å²) in [6.07, 6.45) is 8.47. The van der Waals surface area contributed by atoms with Gasteiger partial charge in [-0.1, -0.05) is 24.9 Å². The van der Waals surface area contributed by atoms with Gasteiger partial charge in [-0.3, -0.25) is 0 Å². The van der Waals surface area contributed by atoms with E-state index < -0.39 is 0 Å². The van der Waals surface area contributed by atoms with Crippen LogP contribution >= 0.6 is 0 Å². The van der Waals surface area contributed by atoms with E-state index in [0.717, 1.165) is 56.3 Å². The molecule has 0 amide bonds. The minimum atomic E-state index is 0.595. The van der Waals surface area contributed by atoms with Crippen LogP contribution in [0.4, 0.5) is 5.82 Å². The van der Waals surface area contributed by atoms with Crippen molar-refractivity contribution in [2.45, 2.75) is 45.4 Å². The van der Waals surface area contributed by atoms with Crippen molar-refractivity contribution in [2.24, 2.45) is 11.0 Å². The Morgan fingerprint density at radius 3 is 2.74 bits per heavy atom. The number of ether oxygens (including phenoxy) is 1. The molecule has 2 rings (SSSR count). The second kappa shape index (κ2) is 9.95. The fraction of sp³-hybridized carbons (Fsp3) is 0.706. The predicted molar refractivity (Wildman–Crippen MR) is 92.8 cm³/mol. The van der Waals surface area contributed by atoms with Gasteiger partial charge in [0, 0.05) is 24.5 Å². The van der Waals surface area contributed by atoms with Crippen LogP contribution in [0.15, 0.2) is 23.4 Å². The molecule has 0 aromatic carbocycles. The quantitative estimate of drug-likeness (QED) is 0.290. The first-order chi connectivity index (χ1) is 11.3. The maximum atomic E-state index is 8.18. The molecule has 0 spiro atoms. The number of azide groups is 1. The van der Waals surface area contributed by atoms with E-state index in [2.05, 4.69) is 32.9 Å². The van der Waals surface area contributed by atoms with Gasteiger partial charge in [0.15, 0.2) is 0 Å². The summed E-state index contributed by atoms with van der Waals surface area (Å²) in [5.74, 6) is 2.73. The molecule has 0 aliphatic carbocycles. The van der Waals surface area contributed by atoms with Crippen LogP contribution in [0.25, 0.3) is 10.4 Å². The second-order valence-electron chi connectivity index (χ2n) is 6.24. The van der Waals surface area contributed by atoms with Crippen LogP contribution in [0.2, 0.25) is 0 Å². The molecule has 2 heterocycles. The van der Waals surface area contributed by atoms with Crippen molar-refractivity contribution < 1.29 is 4.74 Å². The van der Waals surface area contributed by atoms with Crippen LogP contribution in [0, 0.1) is 5.92 Å². The standard InChI is InChI=1S/C17H27N5O/c1-15-8-11-22(12-9-15)17-7-6-16(14-19-17)23-13-5-3-2-4-10-20-21-18/h6-7,14-15H,2-5,8-13H2,1H3. The SMILES string of the molecule is CC1CCN(c2ccc(OCCCCCCN=[N+]=[N-])cn2)CC1. The molecule has 1 aromatic heterocycles. The number of nitrogens with zero attached hydrogens (tertiary/aromatic N) is 5. The lowest BCUT2D eigenvalue weighted by Crippen LogP contribution is -2.33. The molecule has 0 saturated carbocycles. The largest absolute Gasteiger partial charge is 0.492 e. The highest BCUT2D eigenvalue weighted by Crippen LogP contribution is 2.22. The Morgan fingerprint density at radius 2 is 2.04 bits per heavy atom. The zero-order chi connectivity index (χ0) is 16.3. The van der Waals surface area contributed by atoms with Gasteiger partial charge in [0.2, 0.25) is 0 Å². The fourth-order valence-corrected chi connectivity index (χ4v) is 2.76. The molecule has 1 aliphatic heterocycles. The third-order valence-electron chi connectivity index (χ3n) is 4.31. The first kappa shape index (κ1) is 17.4. The van der Waals surface area contributed by atoms with E-state index >= 15 is 0 Å². The average molecular weight is 317 g/mol. The second-order valence-corrected chi connectivity index (χ2v) is 6.24. The molecule has 1 fully saturated rings. The lowest BCUT2D eigenvalue weighted by molar-refractivity contribution is 0.303. The van der Waals surface area contributed by atoms with Crippen LogP contribution in [0.5, 0.6) is 5.75 Å². The molecule has 0 atom stereocenters. The molecule has 6 nitrogen and oxygen atoms in total. The van der Waals surface area contributed by atoms with E-state index in [1.165, 1.54) is 12.8 Å². The zero-order valence-corrected chi connectivity index (χ0v) is 14.0. The maximum Gasteiger partial charge on any atom is 0.137 e. The molecule has 0 bridgehead atoms. The van der Waals surface area contributed by atoms with E-state index in [0.29, 0.717) is 13.2 Å². The van der Waals surface area contributed by atoms with Crippen molar-refractivity contribution in [2.75, 3.05) is 31.1 Å². The Kier molecular flexibility index (Phi) is 7.54. The summed E-state index contributed by atoms with van der Waals surface area (Å²) in [6, 6.07) is 4.08. The van der Waals surface area contributed by atoms with E-state index in [1.807, 2.05) is 12.3 Å². The van der Waals surface area contributed by atoms with Crippen LogP contribution < -0.4 is 9.64 Å². The van der Waals surface area contributed by atoms with Gasteiger partial charge in [-0.2, -0.15) is 0 Å². The Balaban J connectivity index is 1.62. The summed E-state index contributed by atoms with van der Waals surface area (Å²) in [4.78, 5) is 9.63. The number of rotatable bonds is 9. The molecule has 126 valence electrons. The number of unbranched alkanes of at least 4 members (excludes halogenated alkanes) is 3.